The fraction of sp³-hybridized carbons (Fsp3) is 0.474. The van der Waals surface area contributed by atoms with Crippen LogP contribution in [0.5, 0.6) is 11.5 Å². The molecule has 3 N–H and O–H groups in total. The summed E-state index contributed by atoms with van der Waals surface area (Å²) in [6.45, 7) is 5.71. The minimum Gasteiger partial charge on any atom is -0.497 e. The number of aliphatic hydroxyl groups is 1. The molecule has 0 saturated carbocycles. The number of ether oxygens (including phenoxy) is 2. The number of aromatic nitrogens is 1. The number of aliphatic imine (C=N–C) groups is 1. The number of rotatable bonds is 9. The number of nitrogens with one attached hydrogen (secondary N) is 2. The van der Waals surface area contributed by atoms with Gasteiger partial charge in [-0.3, -0.25) is 4.99 Å². The van der Waals surface area contributed by atoms with Gasteiger partial charge in [0.05, 0.1) is 25.8 Å². The third kappa shape index (κ3) is 7.44. The highest BCUT2D eigenvalue weighted by Crippen LogP contribution is 2.29. The molecule has 2 rings (SSSR count). The van der Waals surface area contributed by atoms with Crippen LogP contribution in [-0.4, -0.2) is 49.9 Å². The maximum Gasteiger partial charge on any atom is 0.191 e. The number of aliphatic hydroxyl groups excluding tert-OH is 1. The number of hydrogen-bond donors (Lipinski definition) is 3. The summed E-state index contributed by atoms with van der Waals surface area (Å²) in [5, 5.41) is 18.1. The number of guanidine groups is 1. The van der Waals surface area contributed by atoms with E-state index >= 15 is 0 Å². The van der Waals surface area contributed by atoms with Gasteiger partial charge in [0.2, 0.25) is 0 Å². The minimum absolute atomic E-state index is 0. The molecule has 0 amide bonds. The zero-order valence-electron chi connectivity index (χ0n) is 16.7. The summed E-state index contributed by atoms with van der Waals surface area (Å²) in [4.78, 5) is 10.1. The zero-order chi connectivity index (χ0) is 19.6. The van der Waals surface area contributed by atoms with Crippen LogP contribution in [0, 0.1) is 6.92 Å². The molecule has 9 heteroatoms. The lowest BCUT2D eigenvalue weighted by atomic mass is 10.1. The highest BCUT2D eigenvalue weighted by Gasteiger charge is 2.14. The van der Waals surface area contributed by atoms with Crippen molar-refractivity contribution in [3.63, 3.8) is 0 Å². The molecule has 156 valence electrons. The normalized spacial score (nSPS) is 12.1. The Balaban J connectivity index is 0.00000392. The van der Waals surface area contributed by atoms with Crippen molar-refractivity contribution in [2.45, 2.75) is 26.4 Å². The Kier molecular flexibility index (Phi) is 11.2. The quantitative estimate of drug-likeness (QED) is 0.268. The molecular formula is C19H29IN4O3S. The van der Waals surface area contributed by atoms with Crippen LogP contribution in [-0.2, 0) is 6.42 Å². The first kappa shape index (κ1) is 24.4. The minimum atomic E-state index is -0.799. The van der Waals surface area contributed by atoms with Crippen LogP contribution < -0.4 is 20.1 Å². The number of thiazole rings is 1. The lowest BCUT2D eigenvalue weighted by Crippen LogP contribution is -2.38. The monoisotopic (exact) mass is 520 g/mol. The van der Waals surface area contributed by atoms with Crippen molar-refractivity contribution in [3.05, 3.63) is 39.8 Å². The van der Waals surface area contributed by atoms with Crippen LogP contribution in [0.25, 0.3) is 0 Å². The maximum absolute atomic E-state index is 10.6. The SMILES string of the molecule is CCNC(=NCC(O)c1cc(OC)ccc1OC)NCCc1ncc(C)s1.I. The van der Waals surface area contributed by atoms with E-state index in [0.717, 1.165) is 24.5 Å². The van der Waals surface area contributed by atoms with Crippen LogP contribution in [0.15, 0.2) is 29.4 Å². The van der Waals surface area contributed by atoms with Gasteiger partial charge in [-0.05, 0) is 32.0 Å². The molecular weight excluding hydrogens is 491 g/mol. The second-order valence-electron chi connectivity index (χ2n) is 5.88. The van der Waals surface area contributed by atoms with Gasteiger partial charge in [-0.2, -0.15) is 0 Å². The van der Waals surface area contributed by atoms with E-state index in [1.807, 2.05) is 20.0 Å². The Hall–Kier alpha value is -1.59. The average Bonchev–Trinajstić information content (AvgIpc) is 3.10. The maximum atomic E-state index is 10.6. The Morgan fingerprint density at radius 3 is 2.68 bits per heavy atom. The molecule has 7 nitrogen and oxygen atoms in total. The Morgan fingerprint density at radius 1 is 1.29 bits per heavy atom. The first-order chi connectivity index (χ1) is 13.1. The van der Waals surface area contributed by atoms with Gasteiger partial charge in [-0.25, -0.2) is 4.98 Å². The summed E-state index contributed by atoms with van der Waals surface area (Å²) < 4.78 is 10.6. The molecule has 0 aliphatic rings. The molecule has 1 atom stereocenters. The van der Waals surface area contributed by atoms with Crippen LogP contribution >= 0.6 is 35.3 Å². The van der Waals surface area contributed by atoms with Gasteiger partial charge in [0.15, 0.2) is 5.96 Å². The molecule has 0 radical (unpaired) electrons. The fourth-order valence-electron chi connectivity index (χ4n) is 2.52. The molecule has 28 heavy (non-hydrogen) atoms. The second kappa shape index (κ2) is 12.8. The average molecular weight is 520 g/mol. The van der Waals surface area contributed by atoms with Crippen LogP contribution in [0.1, 0.15) is 28.5 Å². The van der Waals surface area contributed by atoms with Gasteiger partial charge in [0.25, 0.3) is 0 Å². The molecule has 0 spiro atoms. The lowest BCUT2D eigenvalue weighted by molar-refractivity contribution is 0.182. The fourth-order valence-corrected chi connectivity index (χ4v) is 3.31. The number of methoxy groups -OCH3 is 2. The van der Waals surface area contributed by atoms with Crippen LogP contribution in [0.3, 0.4) is 0 Å². The third-order valence-electron chi connectivity index (χ3n) is 3.86. The Morgan fingerprint density at radius 2 is 2.07 bits per heavy atom. The summed E-state index contributed by atoms with van der Waals surface area (Å²) in [7, 11) is 3.17. The summed E-state index contributed by atoms with van der Waals surface area (Å²) in [5.74, 6) is 1.93. The predicted molar refractivity (Wildman–Crippen MR) is 124 cm³/mol. The molecule has 0 fully saturated rings. The van der Waals surface area contributed by atoms with E-state index in [4.69, 9.17) is 9.47 Å². The first-order valence-corrected chi connectivity index (χ1v) is 9.72. The van der Waals surface area contributed by atoms with Gasteiger partial charge >= 0.3 is 0 Å². The molecule has 1 aromatic heterocycles. The molecule has 2 aromatic rings. The first-order valence-electron chi connectivity index (χ1n) is 8.90. The molecule has 1 aromatic carbocycles. The molecule has 1 heterocycles. The van der Waals surface area contributed by atoms with Crippen molar-refractivity contribution in [2.24, 2.45) is 4.99 Å². The molecule has 0 saturated heterocycles. The van der Waals surface area contributed by atoms with Crippen molar-refractivity contribution in [2.75, 3.05) is 33.9 Å². The van der Waals surface area contributed by atoms with E-state index in [1.54, 1.807) is 43.8 Å². The van der Waals surface area contributed by atoms with Gasteiger partial charge in [0.1, 0.15) is 17.6 Å². The number of nitrogens with zero attached hydrogens (tertiary/aromatic N) is 2. The van der Waals surface area contributed by atoms with E-state index in [9.17, 15) is 5.11 Å². The van der Waals surface area contributed by atoms with E-state index in [-0.39, 0.29) is 30.5 Å². The van der Waals surface area contributed by atoms with E-state index < -0.39 is 6.10 Å². The lowest BCUT2D eigenvalue weighted by Gasteiger charge is -2.16. The second-order valence-corrected chi connectivity index (χ2v) is 7.20. The molecule has 0 aliphatic carbocycles. The van der Waals surface area contributed by atoms with Gasteiger partial charge < -0.3 is 25.2 Å². The predicted octanol–water partition coefficient (Wildman–Crippen LogP) is 2.92. The highest BCUT2D eigenvalue weighted by molar-refractivity contribution is 14.0. The number of aryl methyl sites for hydroxylation is 1. The summed E-state index contributed by atoms with van der Waals surface area (Å²) in [5.41, 5.74) is 0.648. The number of benzene rings is 1. The Labute approximate surface area is 187 Å². The van der Waals surface area contributed by atoms with Gasteiger partial charge in [0, 0.05) is 36.1 Å². The van der Waals surface area contributed by atoms with E-state index in [0.29, 0.717) is 23.0 Å². The molecule has 0 bridgehead atoms. The van der Waals surface area contributed by atoms with E-state index in [2.05, 4.69) is 20.6 Å². The van der Waals surface area contributed by atoms with Crippen molar-refractivity contribution >= 4 is 41.3 Å². The number of hydrogen-bond acceptors (Lipinski definition) is 6. The van der Waals surface area contributed by atoms with Crippen LogP contribution in [0.2, 0.25) is 0 Å². The van der Waals surface area contributed by atoms with Crippen molar-refractivity contribution in [3.8, 4) is 11.5 Å². The summed E-state index contributed by atoms with van der Waals surface area (Å²) in [6, 6.07) is 5.34. The van der Waals surface area contributed by atoms with Gasteiger partial charge in [-0.15, -0.1) is 35.3 Å². The number of halogens is 1. The largest absolute Gasteiger partial charge is 0.497 e. The Bertz CT molecular complexity index is 755. The highest BCUT2D eigenvalue weighted by atomic mass is 127. The summed E-state index contributed by atoms with van der Waals surface area (Å²) >= 11 is 1.70. The van der Waals surface area contributed by atoms with Crippen molar-refractivity contribution < 1.29 is 14.6 Å². The van der Waals surface area contributed by atoms with Gasteiger partial charge in [-0.1, -0.05) is 0 Å². The standard InChI is InChI=1S/C19H28N4O3S.HI/c1-5-20-19(21-9-8-18-22-11-13(2)27-18)23-12-16(24)15-10-14(25-3)6-7-17(15)26-4;/h6-7,10-11,16,24H,5,8-9,12H2,1-4H3,(H2,20,21,23);1H. The summed E-state index contributed by atoms with van der Waals surface area (Å²) in [6.07, 6.45) is 1.92. The molecule has 1 unspecified atom stereocenters. The third-order valence-corrected chi connectivity index (χ3v) is 4.84. The molecule has 0 aliphatic heterocycles. The van der Waals surface area contributed by atoms with Crippen molar-refractivity contribution in [1.82, 2.24) is 15.6 Å². The topological polar surface area (TPSA) is 88.0 Å². The van der Waals surface area contributed by atoms with Crippen LogP contribution in [0.4, 0.5) is 0 Å². The smallest absolute Gasteiger partial charge is 0.191 e. The van der Waals surface area contributed by atoms with Crippen molar-refractivity contribution in [1.29, 1.82) is 0 Å². The zero-order valence-corrected chi connectivity index (χ0v) is 19.8. The van der Waals surface area contributed by atoms with E-state index in [1.165, 1.54) is 4.88 Å².